The summed E-state index contributed by atoms with van der Waals surface area (Å²) in [4.78, 5) is 1.37. The normalized spacial score (nSPS) is 12.4. The van der Waals surface area contributed by atoms with Crippen molar-refractivity contribution in [3.05, 3.63) is 52.2 Å². The second-order valence-corrected chi connectivity index (χ2v) is 4.73. The summed E-state index contributed by atoms with van der Waals surface area (Å²) in [5.41, 5.74) is 2.48. The maximum absolute atomic E-state index is 3.48. The minimum atomic E-state index is 0.382. The molecule has 2 aromatic rings. The van der Waals surface area contributed by atoms with E-state index in [0.29, 0.717) is 6.04 Å². The van der Waals surface area contributed by atoms with Crippen LogP contribution < -0.4 is 5.32 Å². The third-order valence-corrected chi connectivity index (χ3v) is 3.46. The molecule has 1 atom stereocenters. The van der Waals surface area contributed by atoms with Gasteiger partial charge < -0.3 is 5.32 Å². The molecule has 0 radical (unpaired) electrons. The van der Waals surface area contributed by atoms with Crippen molar-refractivity contribution in [2.75, 3.05) is 5.32 Å². The van der Waals surface area contributed by atoms with Crippen LogP contribution in [-0.4, -0.2) is 0 Å². The minimum absolute atomic E-state index is 0.382. The molecule has 2 heteroatoms. The molecule has 78 valence electrons. The molecule has 0 aliphatic rings. The van der Waals surface area contributed by atoms with Gasteiger partial charge >= 0.3 is 0 Å². The monoisotopic (exact) mass is 217 g/mol. The average Bonchev–Trinajstić information content (AvgIpc) is 2.74. The third kappa shape index (κ3) is 2.60. The number of benzene rings is 1. The SMILES string of the molecule is Cc1ccc(NC(C)c2cccs2)cc1. The summed E-state index contributed by atoms with van der Waals surface area (Å²) in [6, 6.07) is 13.1. The van der Waals surface area contributed by atoms with E-state index >= 15 is 0 Å². The lowest BCUT2D eigenvalue weighted by molar-refractivity contribution is 0.908. The second kappa shape index (κ2) is 4.49. The van der Waals surface area contributed by atoms with Crippen LogP contribution in [0.25, 0.3) is 0 Å². The largest absolute Gasteiger partial charge is 0.378 e. The van der Waals surface area contributed by atoms with E-state index in [2.05, 4.69) is 60.9 Å². The molecule has 1 nitrogen and oxygen atoms in total. The molecule has 15 heavy (non-hydrogen) atoms. The lowest BCUT2D eigenvalue weighted by Crippen LogP contribution is -2.04. The van der Waals surface area contributed by atoms with E-state index in [1.807, 2.05) is 0 Å². The van der Waals surface area contributed by atoms with Crippen molar-refractivity contribution in [1.82, 2.24) is 0 Å². The molecule has 2 rings (SSSR count). The number of nitrogens with one attached hydrogen (secondary N) is 1. The Bertz CT molecular complexity index is 403. The number of hydrogen-bond acceptors (Lipinski definition) is 2. The molecule has 0 saturated heterocycles. The minimum Gasteiger partial charge on any atom is -0.378 e. The Morgan fingerprint density at radius 2 is 1.87 bits per heavy atom. The zero-order valence-corrected chi connectivity index (χ0v) is 9.84. The first-order valence-corrected chi connectivity index (χ1v) is 6.00. The number of rotatable bonds is 3. The van der Waals surface area contributed by atoms with Gasteiger partial charge in [0.2, 0.25) is 0 Å². The molecule has 0 amide bonds. The summed E-state index contributed by atoms with van der Waals surface area (Å²) in [6.07, 6.45) is 0. The summed E-state index contributed by atoms with van der Waals surface area (Å²) in [5, 5.41) is 5.60. The van der Waals surface area contributed by atoms with E-state index in [1.165, 1.54) is 16.1 Å². The summed E-state index contributed by atoms with van der Waals surface area (Å²) < 4.78 is 0. The molecule has 0 aliphatic carbocycles. The smallest absolute Gasteiger partial charge is 0.0578 e. The Hall–Kier alpha value is -1.28. The molecule has 1 aromatic heterocycles. The first-order chi connectivity index (χ1) is 7.25. The highest BCUT2D eigenvalue weighted by Gasteiger charge is 2.05. The summed E-state index contributed by atoms with van der Waals surface area (Å²) in [7, 11) is 0. The molecule has 0 saturated carbocycles. The summed E-state index contributed by atoms with van der Waals surface area (Å²) in [6.45, 7) is 4.29. The van der Waals surface area contributed by atoms with Gasteiger partial charge in [0.1, 0.15) is 0 Å². The van der Waals surface area contributed by atoms with Gasteiger partial charge in [0.05, 0.1) is 6.04 Å². The van der Waals surface area contributed by atoms with E-state index in [4.69, 9.17) is 0 Å². The molecule has 0 spiro atoms. The van der Waals surface area contributed by atoms with Gasteiger partial charge in [-0.1, -0.05) is 23.8 Å². The van der Waals surface area contributed by atoms with E-state index in [1.54, 1.807) is 11.3 Å². The van der Waals surface area contributed by atoms with Crippen LogP contribution in [-0.2, 0) is 0 Å². The predicted octanol–water partition coefficient (Wildman–Crippen LogP) is 4.23. The molecular weight excluding hydrogens is 202 g/mol. The highest BCUT2D eigenvalue weighted by molar-refractivity contribution is 7.10. The highest BCUT2D eigenvalue weighted by atomic mass is 32.1. The first kappa shape index (κ1) is 10.2. The summed E-state index contributed by atoms with van der Waals surface area (Å²) in [5.74, 6) is 0. The zero-order chi connectivity index (χ0) is 10.7. The fraction of sp³-hybridized carbons (Fsp3) is 0.231. The highest BCUT2D eigenvalue weighted by Crippen LogP contribution is 2.22. The van der Waals surface area contributed by atoms with E-state index in [-0.39, 0.29) is 0 Å². The molecule has 0 bridgehead atoms. The Labute approximate surface area is 94.8 Å². The van der Waals surface area contributed by atoms with Gasteiger partial charge in [-0.15, -0.1) is 11.3 Å². The van der Waals surface area contributed by atoms with Crippen LogP contribution in [0.4, 0.5) is 5.69 Å². The van der Waals surface area contributed by atoms with Gasteiger partial charge in [-0.3, -0.25) is 0 Å². The quantitative estimate of drug-likeness (QED) is 0.811. The topological polar surface area (TPSA) is 12.0 Å². The molecular formula is C13H15NS. The van der Waals surface area contributed by atoms with Gasteiger partial charge in [0, 0.05) is 10.6 Å². The van der Waals surface area contributed by atoms with Crippen LogP contribution in [0.1, 0.15) is 23.4 Å². The van der Waals surface area contributed by atoms with E-state index in [0.717, 1.165) is 0 Å². The third-order valence-electron chi connectivity index (χ3n) is 2.40. The standard InChI is InChI=1S/C13H15NS/c1-10-5-7-12(8-6-10)14-11(2)13-4-3-9-15-13/h3-9,11,14H,1-2H3. The maximum Gasteiger partial charge on any atom is 0.0578 e. The van der Waals surface area contributed by atoms with Gasteiger partial charge in [0.15, 0.2) is 0 Å². The molecule has 1 N–H and O–H groups in total. The molecule has 1 aromatic carbocycles. The van der Waals surface area contributed by atoms with Crippen molar-refractivity contribution >= 4 is 17.0 Å². The number of thiophene rings is 1. The van der Waals surface area contributed by atoms with Crippen molar-refractivity contribution in [2.24, 2.45) is 0 Å². The number of aryl methyl sites for hydroxylation is 1. The van der Waals surface area contributed by atoms with Crippen molar-refractivity contribution < 1.29 is 0 Å². The average molecular weight is 217 g/mol. The maximum atomic E-state index is 3.48. The zero-order valence-electron chi connectivity index (χ0n) is 9.03. The van der Waals surface area contributed by atoms with Crippen LogP contribution in [0, 0.1) is 6.92 Å². The molecule has 1 heterocycles. The summed E-state index contributed by atoms with van der Waals surface area (Å²) >= 11 is 1.79. The van der Waals surface area contributed by atoms with Crippen LogP contribution in [0.15, 0.2) is 41.8 Å². The van der Waals surface area contributed by atoms with E-state index in [9.17, 15) is 0 Å². The van der Waals surface area contributed by atoms with Crippen LogP contribution in [0.3, 0.4) is 0 Å². The lowest BCUT2D eigenvalue weighted by atomic mass is 10.2. The van der Waals surface area contributed by atoms with Crippen LogP contribution in [0.5, 0.6) is 0 Å². The van der Waals surface area contributed by atoms with Gasteiger partial charge in [-0.05, 0) is 37.4 Å². The van der Waals surface area contributed by atoms with Gasteiger partial charge in [-0.2, -0.15) is 0 Å². The van der Waals surface area contributed by atoms with E-state index < -0.39 is 0 Å². The van der Waals surface area contributed by atoms with Crippen molar-refractivity contribution in [3.8, 4) is 0 Å². The molecule has 0 aliphatic heterocycles. The Morgan fingerprint density at radius 1 is 1.13 bits per heavy atom. The van der Waals surface area contributed by atoms with Crippen LogP contribution in [0.2, 0.25) is 0 Å². The lowest BCUT2D eigenvalue weighted by Gasteiger charge is -2.13. The Kier molecular flexibility index (Phi) is 3.07. The van der Waals surface area contributed by atoms with Crippen molar-refractivity contribution in [1.29, 1.82) is 0 Å². The van der Waals surface area contributed by atoms with Crippen LogP contribution >= 0.6 is 11.3 Å². The van der Waals surface area contributed by atoms with Crippen molar-refractivity contribution in [2.45, 2.75) is 19.9 Å². The molecule has 0 fully saturated rings. The van der Waals surface area contributed by atoms with Gasteiger partial charge in [-0.25, -0.2) is 0 Å². The fourth-order valence-corrected chi connectivity index (χ4v) is 2.24. The first-order valence-electron chi connectivity index (χ1n) is 5.12. The Morgan fingerprint density at radius 3 is 2.47 bits per heavy atom. The Balaban J connectivity index is 2.06. The fourth-order valence-electron chi connectivity index (χ4n) is 1.51. The second-order valence-electron chi connectivity index (χ2n) is 3.75. The number of anilines is 1. The molecule has 1 unspecified atom stereocenters. The number of hydrogen-bond donors (Lipinski definition) is 1. The van der Waals surface area contributed by atoms with Crippen molar-refractivity contribution in [3.63, 3.8) is 0 Å². The predicted molar refractivity (Wildman–Crippen MR) is 67.5 cm³/mol. The van der Waals surface area contributed by atoms with Gasteiger partial charge in [0.25, 0.3) is 0 Å².